The van der Waals surface area contributed by atoms with Crippen LogP contribution in [-0.4, -0.2) is 15.6 Å². The van der Waals surface area contributed by atoms with E-state index in [1.807, 2.05) is 54.9 Å². The lowest BCUT2D eigenvalue weighted by Crippen LogP contribution is -1.98. The van der Waals surface area contributed by atoms with Crippen LogP contribution in [-0.2, 0) is 6.54 Å². The Labute approximate surface area is 107 Å². The van der Waals surface area contributed by atoms with Crippen molar-refractivity contribution in [2.45, 2.75) is 20.4 Å². The first-order valence-electron chi connectivity index (χ1n) is 6.02. The van der Waals surface area contributed by atoms with E-state index in [4.69, 9.17) is 0 Å². The molecule has 0 aliphatic rings. The molecule has 0 saturated heterocycles. The van der Waals surface area contributed by atoms with Gasteiger partial charge < -0.3 is 0 Å². The number of ketones is 1. The van der Waals surface area contributed by atoms with Crippen LogP contribution in [0.5, 0.6) is 0 Å². The molecule has 0 fully saturated rings. The van der Waals surface area contributed by atoms with Crippen LogP contribution in [0.25, 0.3) is 6.08 Å². The van der Waals surface area contributed by atoms with Crippen LogP contribution in [0.2, 0.25) is 0 Å². The highest BCUT2D eigenvalue weighted by Crippen LogP contribution is 2.10. The van der Waals surface area contributed by atoms with Gasteiger partial charge in [-0.05, 0) is 26.0 Å². The maximum absolute atomic E-state index is 11.9. The molecule has 3 nitrogen and oxygen atoms in total. The van der Waals surface area contributed by atoms with Crippen molar-refractivity contribution in [3.05, 3.63) is 59.4 Å². The number of benzene rings is 1. The van der Waals surface area contributed by atoms with E-state index in [0.29, 0.717) is 5.56 Å². The molecule has 0 aliphatic carbocycles. The van der Waals surface area contributed by atoms with Gasteiger partial charge in [-0.1, -0.05) is 30.3 Å². The van der Waals surface area contributed by atoms with Crippen molar-refractivity contribution in [1.29, 1.82) is 0 Å². The highest BCUT2D eigenvalue weighted by atomic mass is 16.1. The summed E-state index contributed by atoms with van der Waals surface area (Å²) in [7, 11) is 0. The summed E-state index contributed by atoms with van der Waals surface area (Å²) in [6.07, 6.45) is 5.21. The van der Waals surface area contributed by atoms with Gasteiger partial charge in [0.05, 0.1) is 6.20 Å². The summed E-state index contributed by atoms with van der Waals surface area (Å²) in [5.41, 5.74) is 2.77. The van der Waals surface area contributed by atoms with E-state index in [-0.39, 0.29) is 5.78 Å². The zero-order valence-electron chi connectivity index (χ0n) is 10.6. The Morgan fingerprint density at radius 3 is 2.67 bits per heavy atom. The summed E-state index contributed by atoms with van der Waals surface area (Å²) >= 11 is 0. The van der Waals surface area contributed by atoms with Gasteiger partial charge >= 0.3 is 0 Å². The number of rotatable bonds is 4. The molecule has 2 aromatic rings. The van der Waals surface area contributed by atoms with Crippen LogP contribution in [0.4, 0.5) is 0 Å². The molecule has 18 heavy (non-hydrogen) atoms. The molecule has 0 atom stereocenters. The van der Waals surface area contributed by atoms with Crippen LogP contribution in [0.3, 0.4) is 0 Å². The fourth-order valence-corrected chi connectivity index (χ4v) is 1.81. The molecule has 92 valence electrons. The first kappa shape index (κ1) is 12.3. The van der Waals surface area contributed by atoms with Gasteiger partial charge in [0.2, 0.25) is 0 Å². The second kappa shape index (κ2) is 5.45. The third kappa shape index (κ3) is 2.56. The molecule has 0 aliphatic heterocycles. The standard InChI is InChI=1S/C15H16N2O/c1-3-17-12(2)14(11-16-17)9-10-15(18)13-7-5-4-6-8-13/h4-11H,3H2,1-2H3/b10-9+. The fraction of sp³-hybridized carbons (Fsp3) is 0.200. The first-order chi connectivity index (χ1) is 8.72. The number of hydrogen-bond donors (Lipinski definition) is 0. The quantitative estimate of drug-likeness (QED) is 0.608. The van der Waals surface area contributed by atoms with Crippen LogP contribution in [0, 0.1) is 6.92 Å². The fourth-order valence-electron chi connectivity index (χ4n) is 1.81. The monoisotopic (exact) mass is 240 g/mol. The van der Waals surface area contributed by atoms with E-state index >= 15 is 0 Å². The van der Waals surface area contributed by atoms with Crippen molar-refractivity contribution >= 4 is 11.9 Å². The average Bonchev–Trinajstić information content (AvgIpc) is 2.77. The van der Waals surface area contributed by atoms with Crippen LogP contribution in [0.1, 0.15) is 28.5 Å². The molecule has 0 N–H and O–H groups in total. The second-order valence-electron chi connectivity index (χ2n) is 4.06. The molecule has 0 spiro atoms. The van der Waals surface area contributed by atoms with E-state index in [2.05, 4.69) is 5.10 Å². The molecular formula is C15H16N2O. The molecular weight excluding hydrogens is 224 g/mol. The Balaban J connectivity index is 2.16. The highest BCUT2D eigenvalue weighted by Gasteiger charge is 2.03. The van der Waals surface area contributed by atoms with Crippen molar-refractivity contribution in [3.63, 3.8) is 0 Å². The van der Waals surface area contributed by atoms with Gasteiger partial charge in [-0.2, -0.15) is 5.10 Å². The van der Waals surface area contributed by atoms with Crippen molar-refractivity contribution in [2.24, 2.45) is 0 Å². The van der Waals surface area contributed by atoms with Gasteiger partial charge in [-0.15, -0.1) is 0 Å². The second-order valence-corrected chi connectivity index (χ2v) is 4.06. The minimum absolute atomic E-state index is 0.0132. The number of hydrogen-bond acceptors (Lipinski definition) is 2. The van der Waals surface area contributed by atoms with Gasteiger partial charge in [-0.25, -0.2) is 0 Å². The van der Waals surface area contributed by atoms with E-state index in [0.717, 1.165) is 17.8 Å². The lowest BCUT2D eigenvalue weighted by molar-refractivity contribution is 0.104. The maximum Gasteiger partial charge on any atom is 0.185 e. The Bertz CT molecular complexity index is 567. The van der Waals surface area contributed by atoms with Gasteiger partial charge in [0.1, 0.15) is 0 Å². The molecule has 0 saturated carbocycles. The smallest absolute Gasteiger partial charge is 0.185 e. The summed E-state index contributed by atoms with van der Waals surface area (Å²) in [5.74, 6) is 0.0132. The third-order valence-electron chi connectivity index (χ3n) is 2.91. The molecule has 0 radical (unpaired) electrons. The SMILES string of the molecule is CCn1ncc(/C=C/C(=O)c2ccccc2)c1C. The van der Waals surface area contributed by atoms with Gasteiger partial charge in [0.25, 0.3) is 0 Å². The normalized spacial score (nSPS) is 11.0. The average molecular weight is 240 g/mol. The zero-order valence-corrected chi connectivity index (χ0v) is 10.6. The Morgan fingerprint density at radius 1 is 1.33 bits per heavy atom. The molecule has 3 heteroatoms. The van der Waals surface area contributed by atoms with Crippen LogP contribution in [0.15, 0.2) is 42.6 Å². The van der Waals surface area contributed by atoms with Crippen molar-refractivity contribution in [3.8, 4) is 0 Å². The van der Waals surface area contributed by atoms with E-state index in [1.165, 1.54) is 0 Å². The number of carbonyl (C=O) groups excluding carboxylic acids is 1. The number of aryl methyl sites for hydroxylation is 1. The van der Waals surface area contributed by atoms with E-state index < -0.39 is 0 Å². The van der Waals surface area contributed by atoms with Crippen molar-refractivity contribution in [2.75, 3.05) is 0 Å². The molecule has 1 aromatic heterocycles. The van der Waals surface area contributed by atoms with Crippen molar-refractivity contribution < 1.29 is 4.79 Å². The largest absolute Gasteiger partial charge is 0.289 e. The first-order valence-corrected chi connectivity index (χ1v) is 6.02. The summed E-state index contributed by atoms with van der Waals surface area (Å²) in [6.45, 7) is 4.89. The Kier molecular flexibility index (Phi) is 3.72. The number of carbonyl (C=O) groups is 1. The number of nitrogens with zero attached hydrogens (tertiary/aromatic N) is 2. The maximum atomic E-state index is 11.9. The summed E-state index contributed by atoms with van der Waals surface area (Å²) in [4.78, 5) is 11.9. The minimum atomic E-state index is 0.0132. The molecule has 1 aromatic carbocycles. The summed E-state index contributed by atoms with van der Waals surface area (Å²) < 4.78 is 1.91. The van der Waals surface area contributed by atoms with Gasteiger partial charge in [-0.3, -0.25) is 9.48 Å². The minimum Gasteiger partial charge on any atom is -0.289 e. The molecule has 0 unspecified atom stereocenters. The lowest BCUT2D eigenvalue weighted by atomic mass is 10.1. The lowest BCUT2D eigenvalue weighted by Gasteiger charge is -1.98. The molecule has 2 rings (SSSR count). The zero-order chi connectivity index (χ0) is 13.0. The van der Waals surface area contributed by atoms with Crippen LogP contribution < -0.4 is 0 Å². The highest BCUT2D eigenvalue weighted by molar-refractivity contribution is 6.06. The topological polar surface area (TPSA) is 34.9 Å². The third-order valence-corrected chi connectivity index (χ3v) is 2.91. The summed E-state index contributed by atoms with van der Waals surface area (Å²) in [6, 6.07) is 9.25. The van der Waals surface area contributed by atoms with Gasteiger partial charge in [0, 0.05) is 23.4 Å². The van der Waals surface area contributed by atoms with E-state index in [1.54, 1.807) is 12.3 Å². The number of allylic oxidation sites excluding steroid dienone is 1. The van der Waals surface area contributed by atoms with Crippen LogP contribution >= 0.6 is 0 Å². The predicted octanol–water partition coefficient (Wildman–Crippen LogP) is 3.11. The Hall–Kier alpha value is -2.16. The van der Waals surface area contributed by atoms with E-state index in [9.17, 15) is 4.79 Å². The molecule has 0 bridgehead atoms. The predicted molar refractivity (Wildman–Crippen MR) is 72.4 cm³/mol. The number of aromatic nitrogens is 2. The molecule has 0 amide bonds. The Morgan fingerprint density at radius 2 is 2.06 bits per heavy atom. The summed E-state index contributed by atoms with van der Waals surface area (Å²) in [5, 5.41) is 4.24. The van der Waals surface area contributed by atoms with Gasteiger partial charge in [0.15, 0.2) is 5.78 Å². The van der Waals surface area contributed by atoms with Crippen molar-refractivity contribution in [1.82, 2.24) is 9.78 Å². The molecule has 1 heterocycles.